The smallest absolute Gasteiger partial charge is 0.202 e. The van der Waals surface area contributed by atoms with E-state index >= 15 is 0 Å². The van der Waals surface area contributed by atoms with Crippen LogP contribution in [0.5, 0.6) is 17.5 Å². The van der Waals surface area contributed by atoms with Gasteiger partial charge >= 0.3 is 0 Å². The molecule has 1 aromatic carbocycles. The number of hydrogen-bond acceptors (Lipinski definition) is 6. The molecule has 5 rings (SSSR count). The Balaban J connectivity index is 1.70. The first-order chi connectivity index (χ1) is 13.2. The zero-order chi connectivity index (χ0) is 18.5. The average molecular weight is 399 g/mol. The maximum Gasteiger partial charge on any atom is 0.202 e. The lowest BCUT2D eigenvalue weighted by molar-refractivity contribution is 0.399. The summed E-state index contributed by atoms with van der Waals surface area (Å²) in [5.74, 6) is 1.11. The van der Waals surface area contributed by atoms with Crippen molar-refractivity contribution in [3.63, 3.8) is 0 Å². The van der Waals surface area contributed by atoms with Crippen molar-refractivity contribution in [1.29, 1.82) is 0 Å². The molecule has 0 saturated carbocycles. The van der Waals surface area contributed by atoms with Gasteiger partial charge < -0.3 is 14.9 Å². The highest BCUT2D eigenvalue weighted by Gasteiger charge is 2.25. The van der Waals surface area contributed by atoms with Crippen molar-refractivity contribution in [3.8, 4) is 33.8 Å². The van der Waals surface area contributed by atoms with Gasteiger partial charge in [0.05, 0.1) is 22.4 Å². The summed E-state index contributed by atoms with van der Waals surface area (Å²) in [5, 5.41) is 24.5. The number of thiophene rings is 1. The van der Waals surface area contributed by atoms with Crippen LogP contribution in [-0.2, 0) is 12.8 Å². The fraction of sp³-hybridized carbons (Fsp3) is 0.250. The molecule has 0 unspecified atom stereocenters. The Morgan fingerprint density at radius 3 is 2.52 bits per heavy atom. The van der Waals surface area contributed by atoms with Gasteiger partial charge in [0.1, 0.15) is 11.4 Å². The van der Waals surface area contributed by atoms with Gasteiger partial charge in [0, 0.05) is 16.5 Å². The molecule has 0 saturated heterocycles. The van der Waals surface area contributed by atoms with Gasteiger partial charge in [0.15, 0.2) is 0 Å². The maximum atomic E-state index is 10.7. The first-order valence-electron chi connectivity index (χ1n) is 8.85. The van der Waals surface area contributed by atoms with E-state index in [0.29, 0.717) is 0 Å². The highest BCUT2D eigenvalue weighted by atomic mass is 32.1. The van der Waals surface area contributed by atoms with E-state index in [1.807, 2.05) is 29.6 Å². The Kier molecular flexibility index (Phi) is 3.87. The van der Waals surface area contributed by atoms with Crippen molar-refractivity contribution in [3.05, 3.63) is 40.8 Å². The summed E-state index contributed by atoms with van der Waals surface area (Å²) in [7, 11) is 1.66. The Bertz CT molecular complexity index is 1130. The molecular formula is C20H18N2O3S2. The van der Waals surface area contributed by atoms with Crippen molar-refractivity contribution in [2.75, 3.05) is 7.11 Å². The fourth-order valence-electron chi connectivity index (χ4n) is 3.87. The predicted octanol–water partition coefficient (Wildman–Crippen LogP) is 5.11. The SMILES string of the molecule is COc1ccsc1-c1nsc2ccc(-n3c(O)c4c(c3O)CCCC4)cc12. The van der Waals surface area contributed by atoms with E-state index in [0.717, 1.165) is 68.9 Å². The van der Waals surface area contributed by atoms with Crippen LogP contribution >= 0.6 is 22.9 Å². The van der Waals surface area contributed by atoms with Gasteiger partial charge in [-0.05, 0) is 66.9 Å². The minimum Gasteiger partial charge on any atom is -0.495 e. The number of aromatic hydroxyl groups is 2. The van der Waals surface area contributed by atoms with Gasteiger partial charge in [-0.2, -0.15) is 4.37 Å². The van der Waals surface area contributed by atoms with E-state index in [1.54, 1.807) is 23.0 Å². The minimum atomic E-state index is 0.153. The van der Waals surface area contributed by atoms with Crippen LogP contribution in [0.25, 0.3) is 26.3 Å². The molecule has 2 N–H and O–H groups in total. The number of methoxy groups -OCH3 is 1. The second kappa shape index (κ2) is 6.28. The van der Waals surface area contributed by atoms with Crippen LogP contribution in [0.2, 0.25) is 0 Å². The second-order valence-electron chi connectivity index (χ2n) is 6.68. The summed E-state index contributed by atoms with van der Waals surface area (Å²) in [5.41, 5.74) is 3.37. The molecule has 5 nitrogen and oxygen atoms in total. The molecule has 138 valence electrons. The first-order valence-corrected chi connectivity index (χ1v) is 10.5. The molecule has 1 aliphatic carbocycles. The quantitative estimate of drug-likeness (QED) is 0.503. The molecule has 7 heteroatoms. The number of benzene rings is 1. The van der Waals surface area contributed by atoms with Crippen LogP contribution in [0.4, 0.5) is 0 Å². The molecule has 0 radical (unpaired) electrons. The molecule has 0 atom stereocenters. The van der Waals surface area contributed by atoms with E-state index < -0.39 is 0 Å². The van der Waals surface area contributed by atoms with Crippen molar-refractivity contribution < 1.29 is 14.9 Å². The van der Waals surface area contributed by atoms with Crippen LogP contribution in [0.3, 0.4) is 0 Å². The number of fused-ring (bicyclic) bond motifs is 2. The minimum absolute atomic E-state index is 0.153. The zero-order valence-corrected chi connectivity index (χ0v) is 16.4. The first kappa shape index (κ1) is 16.6. The standard InChI is InChI=1S/C20H18N2O3S2/c1-25-15-8-9-26-18(15)17-14-10-11(6-7-16(14)27-21-17)22-19(23)12-4-2-3-5-13(12)20(22)24/h6-10,23-24H,2-5H2,1H3. The van der Waals surface area contributed by atoms with Gasteiger partial charge in [-0.25, -0.2) is 0 Å². The van der Waals surface area contributed by atoms with Gasteiger partial charge in [-0.3, -0.25) is 4.57 Å². The van der Waals surface area contributed by atoms with Crippen LogP contribution < -0.4 is 4.74 Å². The molecule has 4 aromatic rings. The van der Waals surface area contributed by atoms with Gasteiger partial charge in [-0.1, -0.05) is 0 Å². The highest BCUT2D eigenvalue weighted by Crippen LogP contribution is 2.43. The van der Waals surface area contributed by atoms with E-state index in [-0.39, 0.29) is 11.8 Å². The third-order valence-corrected chi connectivity index (χ3v) is 6.94. The second-order valence-corrected chi connectivity index (χ2v) is 8.40. The molecule has 0 spiro atoms. The van der Waals surface area contributed by atoms with Crippen molar-refractivity contribution in [2.24, 2.45) is 0 Å². The van der Waals surface area contributed by atoms with Gasteiger partial charge in [-0.15, -0.1) is 11.3 Å². The number of nitrogens with zero attached hydrogens (tertiary/aromatic N) is 2. The van der Waals surface area contributed by atoms with Crippen LogP contribution in [0.1, 0.15) is 24.0 Å². The van der Waals surface area contributed by atoms with Crippen LogP contribution in [0, 0.1) is 0 Å². The molecule has 0 aliphatic heterocycles. The molecule has 1 aliphatic rings. The summed E-state index contributed by atoms with van der Waals surface area (Å²) in [6.07, 6.45) is 3.70. The summed E-state index contributed by atoms with van der Waals surface area (Å²) < 4.78 is 12.7. The summed E-state index contributed by atoms with van der Waals surface area (Å²) in [6, 6.07) is 7.83. The van der Waals surface area contributed by atoms with E-state index in [2.05, 4.69) is 4.37 Å². The van der Waals surface area contributed by atoms with E-state index in [9.17, 15) is 10.2 Å². The summed E-state index contributed by atoms with van der Waals surface area (Å²) in [6.45, 7) is 0. The number of ether oxygens (including phenoxy) is 1. The summed E-state index contributed by atoms with van der Waals surface area (Å²) in [4.78, 5) is 0.987. The monoisotopic (exact) mass is 398 g/mol. The topological polar surface area (TPSA) is 67.5 Å². The highest BCUT2D eigenvalue weighted by molar-refractivity contribution is 7.16. The largest absolute Gasteiger partial charge is 0.495 e. The number of hydrogen-bond donors (Lipinski definition) is 2. The molecule has 3 aromatic heterocycles. The van der Waals surface area contributed by atoms with Crippen molar-refractivity contribution in [2.45, 2.75) is 25.7 Å². The molecule has 27 heavy (non-hydrogen) atoms. The Labute approximate surface area is 164 Å². The fourth-order valence-corrected chi connectivity index (χ4v) is 5.56. The number of rotatable bonds is 3. The average Bonchev–Trinajstić information content (AvgIpc) is 3.38. The summed E-state index contributed by atoms with van der Waals surface area (Å²) >= 11 is 3.03. The molecule has 0 bridgehead atoms. The lowest BCUT2D eigenvalue weighted by Gasteiger charge is -2.09. The van der Waals surface area contributed by atoms with Gasteiger partial charge in [0.25, 0.3) is 0 Å². The Morgan fingerprint density at radius 1 is 1.07 bits per heavy atom. The van der Waals surface area contributed by atoms with E-state index in [1.165, 1.54) is 11.5 Å². The molecular weight excluding hydrogens is 380 g/mol. The van der Waals surface area contributed by atoms with Crippen molar-refractivity contribution in [1.82, 2.24) is 8.94 Å². The number of aromatic nitrogens is 2. The Hall–Kier alpha value is -2.51. The lowest BCUT2D eigenvalue weighted by Crippen LogP contribution is -1.98. The van der Waals surface area contributed by atoms with Crippen LogP contribution in [0.15, 0.2) is 29.6 Å². The predicted molar refractivity (Wildman–Crippen MR) is 109 cm³/mol. The third kappa shape index (κ3) is 2.45. The normalized spacial score (nSPS) is 13.8. The van der Waals surface area contributed by atoms with Crippen molar-refractivity contribution >= 4 is 33.0 Å². The lowest BCUT2D eigenvalue weighted by atomic mass is 9.95. The third-order valence-electron chi connectivity index (χ3n) is 5.21. The molecule has 3 heterocycles. The Morgan fingerprint density at radius 2 is 1.81 bits per heavy atom. The molecule has 0 amide bonds. The maximum absolute atomic E-state index is 10.7. The van der Waals surface area contributed by atoms with E-state index in [4.69, 9.17) is 4.74 Å². The van der Waals surface area contributed by atoms with Crippen LogP contribution in [-0.4, -0.2) is 26.3 Å². The molecule has 0 fully saturated rings. The zero-order valence-electron chi connectivity index (χ0n) is 14.7. The van der Waals surface area contributed by atoms with Gasteiger partial charge in [0.2, 0.25) is 11.8 Å².